The molecule has 0 saturated heterocycles. The van der Waals surface area contributed by atoms with Crippen molar-refractivity contribution in [3.8, 4) is 0 Å². The Hall–Kier alpha value is -1.77. The van der Waals surface area contributed by atoms with Gasteiger partial charge in [-0.15, -0.1) is 0 Å². The van der Waals surface area contributed by atoms with E-state index in [1.54, 1.807) is 0 Å². The summed E-state index contributed by atoms with van der Waals surface area (Å²) in [6, 6.07) is 8.19. The standard InChI is InChI=1S/C12H13NO2/c1-15-12(14)13-11-7-6-9-4-2-3-5-10(9)8-11/h2-5,8H,6-7H2,1H3,(H,13,14). The molecule has 0 unspecified atom stereocenters. The molecule has 0 heterocycles. The minimum Gasteiger partial charge on any atom is -0.453 e. The third kappa shape index (κ3) is 2.18. The quantitative estimate of drug-likeness (QED) is 0.760. The molecule has 1 aliphatic rings. The van der Waals surface area contributed by atoms with Crippen LogP contribution in [-0.2, 0) is 11.2 Å². The minimum atomic E-state index is -0.402. The van der Waals surface area contributed by atoms with Gasteiger partial charge in [-0.25, -0.2) is 4.79 Å². The zero-order chi connectivity index (χ0) is 10.7. The van der Waals surface area contributed by atoms with Gasteiger partial charge in [0.05, 0.1) is 7.11 Å². The molecule has 0 bridgehead atoms. The summed E-state index contributed by atoms with van der Waals surface area (Å²) in [5, 5.41) is 2.71. The highest BCUT2D eigenvalue weighted by Crippen LogP contribution is 2.21. The molecule has 2 rings (SSSR count). The van der Waals surface area contributed by atoms with Crippen LogP contribution in [0.2, 0.25) is 0 Å². The molecule has 0 aliphatic heterocycles. The first-order valence-corrected chi connectivity index (χ1v) is 4.93. The molecule has 15 heavy (non-hydrogen) atoms. The maximum absolute atomic E-state index is 11.0. The topological polar surface area (TPSA) is 38.3 Å². The Kier molecular flexibility index (Phi) is 2.72. The second-order valence-electron chi connectivity index (χ2n) is 3.48. The van der Waals surface area contributed by atoms with E-state index < -0.39 is 6.09 Å². The molecule has 0 radical (unpaired) electrons. The number of rotatable bonds is 1. The number of alkyl carbamates (subject to hydrolysis) is 1. The molecule has 1 aromatic carbocycles. The number of carbonyl (C=O) groups is 1. The molecule has 1 aliphatic carbocycles. The average Bonchev–Trinajstić information content (AvgIpc) is 2.29. The van der Waals surface area contributed by atoms with E-state index in [-0.39, 0.29) is 0 Å². The van der Waals surface area contributed by atoms with Crippen LogP contribution in [-0.4, -0.2) is 13.2 Å². The fourth-order valence-electron chi connectivity index (χ4n) is 1.71. The molecule has 0 aromatic heterocycles. The lowest BCUT2D eigenvalue weighted by Crippen LogP contribution is -2.23. The van der Waals surface area contributed by atoms with E-state index in [0.717, 1.165) is 18.5 Å². The van der Waals surface area contributed by atoms with Gasteiger partial charge in [0.25, 0.3) is 0 Å². The van der Waals surface area contributed by atoms with Crippen LogP contribution in [0.25, 0.3) is 6.08 Å². The number of benzene rings is 1. The van der Waals surface area contributed by atoms with Crippen molar-refractivity contribution in [1.29, 1.82) is 0 Å². The predicted molar refractivity (Wildman–Crippen MR) is 58.3 cm³/mol. The zero-order valence-electron chi connectivity index (χ0n) is 8.62. The molecule has 1 N–H and O–H groups in total. The molecule has 3 nitrogen and oxygen atoms in total. The van der Waals surface area contributed by atoms with Gasteiger partial charge in [-0.05, 0) is 30.0 Å². The van der Waals surface area contributed by atoms with Crippen molar-refractivity contribution in [2.45, 2.75) is 12.8 Å². The highest BCUT2D eigenvalue weighted by Gasteiger charge is 2.11. The van der Waals surface area contributed by atoms with E-state index in [2.05, 4.69) is 16.1 Å². The van der Waals surface area contributed by atoms with Gasteiger partial charge in [0, 0.05) is 5.70 Å². The Morgan fingerprint density at radius 2 is 2.13 bits per heavy atom. The van der Waals surface area contributed by atoms with Crippen LogP contribution in [0.4, 0.5) is 4.79 Å². The van der Waals surface area contributed by atoms with Crippen molar-refractivity contribution >= 4 is 12.2 Å². The number of amides is 1. The second-order valence-corrected chi connectivity index (χ2v) is 3.48. The number of hydrogen-bond donors (Lipinski definition) is 1. The molecular formula is C12H13NO2. The fraction of sp³-hybridized carbons (Fsp3) is 0.250. The number of hydrogen-bond acceptors (Lipinski definition) is 2. The lowest BCUT2D eigenvalue weighted by molar-refractivity contribution is 0.174. The van der Waals surface area contributed by atoms with E-state index in [1.807, 2.05) is 24.3 Å². The summed E-state index contributed by atoms with van der Waals surface area (Å²) >= 11 is 0. The summed E-state index contributed by atoms with van der Waals surface area (Å²) < 4.78 is 4.55. The van der Waals surface area contributed by atoms with Crippen molar-refractivity contribution in [3.05, 3.63) is 41.1 Å². The van der Waals surface area contributed by atoms with Crippen LogP contribution < -0.4 is 5.32 Å². The van der Waals surface area contributed by atoms with Crippen LogP contribution >= 0.6 is 0 Å². The van der Waals surface area contributed by atoms with Gasteiger partial charge in [0.2, 0.25) is 0 Å². The first-order valence-electron chi connectivity index (χ1n) is 4.93. The van der Waals surface area contributed by atoms with Gasteiger partial charge in [-0.3, -0.25) is 5.32 Å². The first-order chi connectivity index (χ1) is 7.29. The van der Waals surface area contributed by atoms with Gasteiger partial charge >= 0.3 is 6.09 Å². The van der Waals surface area contributed by atoms with Gasteiger partial charge in [-0.1, -0.05) is 24.3 Å². The first kappa shape index (κ1) is 9.77. The van der Waals surface area contributed by atoms with E-state index >= 15 is 0 Å². The number of nitrogens with one attached hydrogen (secondary N) is 1. The smallest absolute Gasteiger partial charge is 0.411 e. The second kappa shape index (κ2) is 4.17. The number of fused-ring (bicyclic) bond motifs is 1. The van der Waals surface area contributed by atoms with Crippen LogP contribution in [0.1, 0.15) is 17.5 Å². The largest absolute Gasteiger partial charge is 0.453 e. The lowest BCUT2D eigenvalue weighted by atomic mass is 9.95. The lowest BCUT2D eigenvalue weighted by Gasteiger charge is -2.16. The van der Waals surface area contributed by atoms with Gasteiger partial charge in [0.1, 0.15) is 0 Å². The number of carbonyl (C=O) groups excluding carboxylic acids is 1. The Bertz CT molecular complexity index is 410. The van der Waals surface area contributed by atoms with E-state index in [1.165, 1.54) is 18.2 Å². The van der Waals surface area contributed by atoms with Gasteiger partial charge in [-0.2, -0.15) is 0 Å². The fourth-order valence-corrected chi connectivity index (χ4v) is 1.71. The summed E-state index contributed by atoms with van der Waals surface area (Å²) in [6.45, 7) is 0. The monoisotopic (exact) mass is 203 g/mol. The number of aryl methyl sites for hydroxylation is 1. The molecule has 0 spiro atoms. The highest BCUT2D eigenvalue weighted by atomic mass is 16.5. The predicted octanol–water partition coefficient (Wildman–Crippen LogP) is 2.33. The Morgan fingerprint density at radius 1 is 1.33 bits per heavy atom. The SMILES string of the molecule is COC(=O)NC1=Cc2ccccc2CC1. The maximum atomic E-state index is 11.0. The third-order valence-electron chi connectivity index (χ3n) is 2.50. The highest BCUT2D eigenvalue weighted by molar-refractivity contribution is 5.72. The van der Waals surface area contributed by atoms with Crippen molar-refractivity contribution in [2.24, 2.45) is 0 Å². The van der Waals surface area contributed by atoms with E-state index in [0.29, 0.717) is 0 Å². The summed E-state index contributed by atoms with van der Waals surface area (Å²) in [4.78, 5) is 11.0. The summed E-state index contributed by atoms with van der Waals surface area (Å²) in [7, 11) is 1.37. The van der Waals surface area contributed by atoms with Crippen molar-refractivity contribution in [2.75, 3.05) is 7.11 Å². The number of ether oxygens (including phenoxy) is 1. The maximum Gasteiger partial charge on any atom is 0.411 e. The van der Waals surface area contributed by atoms with Gasteiger partial charge < -0.3 is 4.74 Å². The summed E-state index contributed by atoms with van der Waals surface area (Å²) in [6.07, 6.45) is 3.41. The Labute approximate surface area is 88.8 Å². The summed E-state index contributed by atoms with van der Waals surface area (Å²) in [5.74, 6) is 0. The van der Waals surface area contributed by atoms with Crippen molar-refractivity contribution in [3.63, 3.8) is 0 Å². The van der Waals surface area contributed by atoms with E-state index in [9.17, 15) is 4.79 Å². The molecule has 1 aromatic rings. The van der Waals surface area contributed by atoms with Crippen LogP contribution in [0.3, 0.4) is 0 Å². The number of methoxy groups -OCH3 is 1. The summed E-state index contributed by atoms with van der Waals surface area (Å²) in [5.41, 5.74) is 3.42. The van der Waals surface area contributed by atoms with E-state index in [4.69, 9.17) is 0 Å². The molecule has 0 saturated carbocycles. The molecular weight excluding hydrogens is 190 g/mol. The normalized spacial score (nSPS) is 13.8. The molecule has 0 atom stereocenters. The van der Waals surface area contributed by atoms with Crippen LogP contribution in [0.5, 0.6) is 0 Å². The molecule has 0 fully saturated rings. The zero-order valence-corrected chi connectivity index (χ0v) is 8.62. The molecule has 1 amide bonds. The number of allylic oxidation sites excluding steroid dienone is 1. The molecule has 78 valence electrons. The Morgan fingerprint density at radius 3 is 2.93 bits per heavy atom. The molecule has 3 heteroatoms. The third-order valence-corrected chi connectivity index (χ3v) is 2.50. The van der Waals surface area contributed by atoms with Crippen molar-refractivity contribution < 1.29 is 9.53 Å². The minimum absolute atomic E-state index is 0.402. The Balaban J connectivity index is 2.18. The van der Waals surface area contributed by atoms with Crippen LogP contribution in [0.15, 0.2) is 30.0 Å². The van der Waals surface area contributed by atoms with Crippen molar-refractivity contribution in [1.82, 2.24) is 5.32 Å². The average molecular weight is 203 g/mol. The van der Waals surface area contributed by atoms with Crippen LogP contribution in [0, 0.1) is 0 Å². The van der Waals surface area contributed by atoms with Gasteiger partial charge in [0.15, 0.2) is 0 Å².